The zero-order valence-electron chi connectivity index (χ0n) is 16.0. The Morgan fingerprint density at radius 3 is 2.62 bits per heavy atom. The van der Waals surface area contributed by atoms with Crippen LogP contribution in [0.5, 0.6) is 0 Å². The van der Waals surface area contributed by atoms with Crippen LogP contribution in [0, 0.1) is 0 Å². The quantitative estimate of drug-likeness (QED) is 0.487. The molecule has 0 saturated heterocycles. The number of amides is 1. The normalized spacial score (nSPS) is 12.1. The molecule has 1 unspecified atom stereocenters. The number of carbonyl (C=O) groups excluding carboxylic acids is 2. The Bertz CT molecular complexity index is 1220. The molecule has 0 radical (unpaired) electrons. The van der Waals surface area contributed by atoms with Crippen LogP contribution < -0.4 is 10.6 Å². The number of thiazole rings is 1. The predicted octanol–water partition coefficient (Wildman–Crippen LogP) is 2.86. The lowest BCUT2D eigenvalue weighted by Crippen LogP contribution is -2.25. The molecule has 1 atom stereocenters. The van der Waals surface area contributed by atoms with Crippen LogP contribution in [-0.4, -0.2) is 38.4 Å². The van der Waals surface area contributed by atoms with E-state index in [2.05, 4.69) is 25.6 Å². The lowest BCUT2D eigenvalue weighted by molar-refractivity contribution is -0.152. The van der Waals surface area contributed by atoms with Crippen molar-refractivity contribution in [1.29, 1.82) is 0 Å². The van der Waals surface area contributed by atoms with Crippen LogP contribution in [0.3, 0.4) is 0 Å². The standard InChI is InChI=1S/C19H18N6O3S/c1-10(26)28-15(11-7-5-4-6-8-11)17(27)24-19-22-13-14-12(21-9-25(14)3)16(20-2)23-18(13)29-19/h4-9,15H,1-3H3,(H,20,23)(H,22,24,27). The van der Waals surface area contributed by atoms with Crippen molar-refractivity contribution in [1.82, 2.24) is 19.5 Å². The number of anilines is 2. The number of fused-ring (bicyclic) bond motifs is 3. The van der Waals surface area contributed by atoms with Crippen LogP contribution in [-0.2, 0) is 21.4 Å². The summed E-state index contributed by atoms with van der Waals surface area (Å²) in [6.07, 6.45) is 0.620. The van der Waals surface area contributed by atoms with Crippen molar-refractivity contribution in [2.24, 2.45) is 7.05 Å². The summed E-state index contributed by atoms with van der Waals surface area (Å²) in [5, 5.41) is 6.15. The average molecular weight is 410 g/mol. The lowest BCUT2D eigenvalue weighted by atomic mass is 10.1. The number of ether oxygens (including phenoxy) is 1. The molecule has 3 heterocycles. The molecule has 2 N–H and O–H groups in total. The fraction of sp³-hybridized carbons (Fsp3) is 0.211. The third kappa shape index (κ3) is 3.49. The number of nitrogens with one attached hydrogen (secondary N) is 2. The van der Waals surface area contributed by atoms with Gasteiger partial charge in [0.2, 0.25) is 6.10 Å². The van der Waals surface area contributed by atoms with Gasteiger partial charge in [-0.05, 0) is 0 Å². The largest absolute Gasteiger partial charge is 0.447 e. The first-order chi connectivity index (χ1) is 14.0. The second-order valence-electron chi connectivity index (χ2n) is 6.33. The van der Waals surface area contributed by atoms with E-state index in [-0.39, 0.29) is 0 Å². The number of aryl methyl sites for hydroxylation is 1. The van der Waals surface area contributed by atoms with E-state index >= 15 is 0 Å². The number of esters is 1. The van der Waals surface area contributed by atoms with Gasteiger partial charge >= 0.3 is 5.97 Å². The van der Waals surface area contributed by atoms with Gasteiger partial charge in [-0.3, -0.25) is 14.9 Å². The Morgan fingerprint density at radius 2 is 1.93 bits per heavy atom. The first-order valence-corrected chi connectivity index (χ1v) is 9.62. The monoisotopic (exact) mass is 410 g/mol. The summed E-state index contributed by atoms with van der Waals surface area (Å²) in [5.41, 5.74) is 2.73. The maximum Gasteiger partial charge on any atom is 0.303 e. The fourth-order valence-corrected chi connectivity index (χ4v) is 3.89. The summed E-state index contributed by atoms with van der Waals surface area (Å²) in [6, 6.07) is 8.83. The first kappa shape index (κ1) is 18.8. The van der Waals surface area contributed by atoms with Crippen molar-refractivity contribution in [3.63, 3.8) is 0 Å². The van der Waals surface area contributed by atoms with Crippen molar-refractivity contribution < 1.29 is 14.3 Å². The smallest absolute Gasteiger partial charge is 0.303 e. The van der Waals surface area contributed by atoms with E-state index in [1.165, 1.54) is 18.3 Å². The Kier molecular flexibility index (Phi) is 4.85. The molecule has 29 heavy (non-hydrogen) atoms. The minimum Gasteiger partial charge on any atom is -0.447 e. The number of aromatic nitrogens is 4. The molecule has 9 nitrogen and oxygen atoms in total. The molecule has 1 aromatic carbocycles. The first-order valence-electron chi connectivity index (χ1n) is 8.80. The third-order valence-corrected chi connectivity index (χ3v) is 5.16. The van der Waals surface area contributed by atoms with Crippen molar-refractivity contribution in [2.45, 2.75) is 13.0 Å². The van der Waals surface area contributed by atoms with Crippen molar-refractivity contribution >= 4 is 55.5 Å². The zero-order chi connectivity index (χ0) is 20.5. The third-order valence-electron chi connectivity index (χ3n) is 4.30. The molecule has 4 aromatic rings. The fourth-order valence-electron chi connectivity index (χ4n) is 3.04. The highest BCUT2D eigenvalue weighted by atomic mass is 32.1. The highest BCUT2D eigenvalue weighted by Crippen LogP contribution is 2.33. The van der Waals surface area contributed by atoms with E-state index in [9.17, 15) is 9.59 Å². The highest BCUT2D eigenvalue weighted by molar-refractivity contribution is 7.22. The van der Waals surface area contributed by atoms with Gasteiger partial charge in [0.05, 0.1) is 6.33 Å². The van der Waals surface area contributed by atoms with Gasteiger partial charge in [0, 0.05) is 26.6 Å². The van der Waals surface area contributed by atoms with Gasteiger partial charge in [0.1, 0.15) is 21.4 Å². The van der Waals surface area contributed by atoms with Gasteiger partial charge in [-0.25, -0.2) is 15.0 Å². The summed E-state index contributed by atoms with van der Waals surface area (Å²) >= 11 is 1.24. The van der Waals surface area contributed by atoms with Gasteiger partial charge in [-0.15, -0.1) is 0 Å². The second-order valence-corrected chi connectivity index (χ2v) is 7.30. The molecule has 4 rings (SSSR count). The molecule has 148 valence electrons. The minimum absolute atomic E-state index is 0.362. The Balaban J connectivity index is 1.71. The summed E-state index contributed by atoms with van der Waals surface area (Å²) in [7, 11) is 3.65. The second kappa shape index (κ2) is 7.47. The number of pyridine rings is 1. The van der Waals surface area contributed by atoms with Crippen molar-refractivity contribution in [3.8, 4) is 0 Å². The Morgan fingerprint density at radius 1 is 1.17 bits per heavy atom. The molecule has 1 amide bonds. The molecule has 0 fully saturated rings. The summed E-state index contributed by atoms with van der Waals surface area (Å²) in [6.45, 7) is 1.27. The number of imidazole rings is 1. The Labute approximate surface area is 169 Å². The van der Waals surface area contributed by atoms with E-state index in [0.717, 1.165) is 5.52 Å². The Hall–Kier alpha value is -3.53. The lowest BCUT2D eigenvalue weighted by Gasteiger charge is -2.16. The number of benzene rings is 1. The minimum atomic E-state index is -1.07. The number of hydrogen-bond acceptors (Lipinski definition) is 8. The van der Waals surface area contributed by atoms with Crippen LogP contribution in [0.15, 0.2) is 36.7 Å². The van der Waals surface area contributed by atoms with Crippen LogP contribution in [0.1, 0.15) is 18.6 Å². The van der Waals surface area contributed by atoms with E-state index in [1.54, 1.807) is 37.6 Å². The predicted molar refractivity (Wildman–Crippen MR) is 111 cm³/mol. The zero-order valence-corrected chi connectivity index (χ0v) is 16.8. The van der Waals surface area contributed by atoms with Crippen LogP contribution >= 0.6 is 11.3 Å². The number of carbonyl (C=O) groups is 2. The van der Waals surface area contributed by atoms with Gasteiger partial charge in [-0.1, -0.05) is 41.7 Å². The van der Waals surface area contributed by atoms with Crippen LogP contribution in [0.4, 0.5) is 10.9 Å². The molecular formula is C19H18N6O3S. The van der Waals surface area contributed by atoms with Gasteiger partial charge in [0.15, 0.2) is 10.9 Å². The topological polar surface area (TPSA) is 111 Å². The molecule has 0 aliphatic carbocycles. The van der Waals surface area contributed by atoms with Crippen LogP contribution in [0.2, 0.25) is 0 Å². The maximum absolute atomic E-state index is 12.9. The highest BCUT2D eigenvalue weighted by Gasteiger charge is 2.25. The molecule has 0 aliphatic heterocycles. The summed E-state index contributed by atoms with van der Waals surface area (Å²) in [4.78, 5) is 38.5. The number of rotatable bonds is 5. The van der Waals surface area contributed by atoms with Crippen molar-refractivity contribution in [2.75, 3.05) is 17.7 Å². The molecule has 10 heteroatoms. The van der Waals surface area contributed by atoms with E-state index < -0.39 is 18.0 Å². The molecule has 0 spiro atoms. The number of hydrogen-bond donors (Lipinski definition) is 2. The van der Waals surface area contributed by atoms with Gasteiger partial charge in [-0.2, -0.15) is 0 Å². The van der Waals surface area contributed by atoms with E-state index in [0.29, 0.717) is 32.4 Å². The summed E-state index contributed by atoms with van der Waals surface area (Å²) < 4.78 is 7.10. The molecule has 0 bridgehead atoms. The molecule has 3 aromatic heterocycles. The van der Waals surface area contributed by atoms with Crippen LogP contribution in [0.25, 0.3) is 21.4 Å². The SMILES string of the molecule is CNc1nc2sc(NC(=O)C(OC(C)=O)c3ccccc3)nc2c2c1ncn2C. The van der Waals surface area contributed by atoms with E-state index in [4.69, 9.17) is 4.74 Å². The maximum atomic E-state index is 12.9. The average Bonchev–Trinajstić information content (AvgIpc) is 3.28. The summed E-state index contributed by atoms with van der Waals surface area (Å²) in [5.74, 6) is -0.396. The van der Waals surface area contributed by atoms with Crippen molar-refractivity contribution in [3.05, 3.63) is 42.2 Å². The van der Waals surface area contributed by atoms with Gasteiger partial charge < -0.3 is 14.6 Å². The number of nitrogens with zero attached hydrogens (tertiary/aromatic N) is 4. The molecule has 0 aliphatic rings. The molecular weight excluding hydrogens is 392 g/mol. The van der Waals surface area contributed by atoms with Gasteiger partial charge in [0.25, 0.3) is 5.91 Å². The molecule has 0 saturated carbocycles. The van der Waals surface area contributed by atoms with E-state index in [1.807, 2.05) is 17.7 Å².